The lowest BCUT2D eigenvalue weighted by atomic mass is 9.93. The van der Waals surface area contributed by atoms with E-state index in [1.54, 1.807) is 0 Å². The fourth-order valence-corrected chi connectivity index (χ4v) is 3.53. The Morgan fingerprint density at radius 2 is 1.79 bits per heavy atom. The maximum absolute atomic E-state index is 6.47. The molecule has 1 unspecified atom stereocenters. The minimum absolute atomic E-state index is 0.134. The van der Waals surface area contributed by atoms with Gasteiger partial charge in [-0.2, -0.15) is 0 Å². The lowest BCUT2D eigenvalue weighted by molar-refractivity contribution is 0.276. The number of hydrogen-bond donors (Lipinski definition) is 1. The lowest BCUT2D eigenvalue weighted by Gasteiger charge is -2.25. The van der Waals surface area contributed by atoms with Crippen LogP contribution in [0.4, 0.5) is 0 Å². The van der Waals surface area contributed by atoms with Crippen LogP contribution in [0.5, 0.6) is 0 Å². The van der Waals surface area contributed by atoms with Crippen molar-refractivity contribution in [3.8, 4) is 0 Å². The van der Waals surface area contributed by atoms with Gasteiger partial charge in [0.15, 0.2) is 0 Å². The topological polar surface area (TPSA) is 29.3 Å². The molecule has 1 aromatic rings. The molecule has 0 bridgehead atoms. The number of nitrogens with two attached hydrogens (primary N) is 1. The lowest BCUT2D eigenvalue weighted by Crippen LogP contribution is -2.32. The summed E-state index contributed by atoms with van der Waals surface area (Å²) in [5.41, 5.74) is 12.3. The summed E-state index contributed by atoms with van der Waals surface area (Å²) in [7, 11) is 0. The van der Waals surface area contributed by atoms with Gasteiger partial charge in [-0.3, -0.25) is 0 Å². The van der Waals surface area contributed by atoms with Gasteiger partial charge in [0.25, 0.3) is 0 Å². The molecule has 2 nitrogen and oxygen atoms in total. The summed E-state index contributed by atoms with van der Waals surface area (Å²) in [5.74, 6) is 0. The summed E-state index contributed by atoms with van der Waals surface area (Å²) in [6.45, 7) is 14.6. The molecule has 0 aromatic heterocycles. The van der Waals surface area contributed by atoms with E-state index in [9.17, 15) is 0 Å². The molecule has 19 heavy (non-hydrogen) atoms. The van der Waals surface area contributed by atoms with Crippen LogP contribution in [0.3, 0.4) is 0 Å². The Hall–Kier alpha value is -0.860. The molecular formula is C17H28N2. The maximum Gasteiger partial charge on any atom is 0.0429 e. The SMILES string of the molecule is Cc1cc(C)c(C(N)CN2CCC(C)(C)C2)c(C)c1. The van der Waals surface area contributed by atoms with Crippen molar-refractivity contribution in [2.45, 2.75) is 47.1 Å². The van der Waals surface area contributed by atoms with Crippen molar-refractivity contribution in [1.29, 1.82) is 0 Å². The van der Waals surface area contributed by atoms with E-state index in [4.69, 9.17) is 5.73 Å². The molecule has 0 aliphatic carbocycles. The van der Waals surface area contributed by atoms with Crippen LogP contribution in [0.2, 0.25) is 0 Å². The van der Waals surface area contributed by atoms with Gasteiger partial charge in [-0.25, -0.2) is 0 Å². The van der Waals surface area contributed by atoms with Crippen molar-refractivity contribution < 1.29 is 0 Å². The van der Waals surface area contributed by atoms with E-state index in [0.29, 0.717) is 5.41 Å². The minimum Gasteiger partial charge on any atom is -0.323 e. The standard InChI is InChI=1S/C17H28N2/c1-12-8-13(2)16(14(3)9-12)15(18)10-19-7-6-17(4,5)11-19/h8-9,15H,6-7,10-11,18H2,1-5H3. The fourth-order valence-electron chi connectivity index (χ4n) is 3.53. The van der Waals surface area contributed by atoms with Gasteiger partial charge in [-0.1, -0.05) is 31.5 Å². The summed E-state index contributed by atoms with van der Waals surface area (Å²) in [4.78, 5) is 2.52. The molecule has 0 radical (unpaired) electrons. The molecule has 1 saturated heterocycles. The number of hydrogen-bond acceptors (Lipinski definition) is 2. The predicted octanol–water partition coefficient (Wildman–Crippen LogP) is 3.34. The average molecular weight is 260 g/mol. The predicted molar refractivity (Wildman–Crippen MR) is 82.4 cm³/mol. The normalized spacial score (nSPS) is 20.7. The van der Waals surface area contributed by atoms with Crippen LogP contribution in [0.15, 0.2) is 12.1 Å². The van der Waals surface area contributed by atoms with Crippen molar-refractivity contribution in [2.75, 3.05) is 19.6 Å². The van der Waals surface area contributed by atoms with E-state index in [0.717, 1.165) is 6.54 Å². The van der Waals surface area contributed by atoms with Crippen LogP contribution >= 0.6 is 0 Å². The second kappa shape index (κ2) is 5.26. The fraction of sp³-hybridized carbons (Fsp3) is 0.647. The first-order chi connectivity index (χ1) is 8.78. The molecule has 2 heteroatoms. The van der Waals surface area contributed by atoms with Crippen molar-refractivity contribution in [1.82, 2.24) is 4.90 Å². The van der Waals surface area contributed by atoms with Gasteiger partial charge in [0, 0.05) is 19.1 Å². The highest BCUT2D eigenvalue weighted by molar-refractivity contribution is 5.39. The number of benzene rings is 1. The van der Waals surface area contributed by atoms with E-state index in [1.807, 2.05) is 0 Å². The molecule has 1 aromatic carbocycles. The molecule has 1 atom stereocenters. The Kier molecular flexibility index (Phi) is 4.03. The molecule has 0 amide bonds. The number of rotatable bonds is 3. The van der Waals surface area contributed by atoms with Crippen molar-refractivity contribution in [3.63, 3.8) is 0 Å². The first-order valence-electron chi connectivity index (χ1n) is 7.34. The first-order valence-corrected chi connectivity index (χ1v) is 7.34. The van der Waals surface area contributed by atoms with Gasteiger partial charge in [0.05, 0.1) is 0 Å². The Balaban J connectivity index is 2.11. The third kappa shape index (κ3) is 3.37. The molecule has 2 N–H and O–H groups in total. The highest BCUT2D eigenvalue weighted by Crippen LogP contribution is 2.30. The summed E-state index contributed by atoms with van der Waals surface area (Å²) < 4.78 is 0. The second-order valence-corrected chi connectivity index (χ2v) is 7.07. The molecule has 1 heterocycles. The highest BCUT2D eigenvalue weighted by atomic mass is 15.2. The van der Waals surface area contributed by atoms with Crippen molar-refractivity contribution >= 4 is 0 Å². The quantitative estimate of drug-likeness (QED) is 0.903. The Morgan fingerprint density at radius 1 is 1.21 bits per heavy atom. The molecule has 1 aliphatic heterocycles. The van der Waals surface area contributed by atoms with Crippen LogP contribution in [-0.4, -0.2) is 24.5 Å². The van der Waals surface area contributed by atoms with Crippen molar-refractivity contribution in [2.24, 2.45) is 11.1 Å². The molecule has 1 fully saturated rings. The van der Waals surface area contributed by atoms with E-state index < -0.39 is 0 Å². The van der Waals surface area contributed by atoms with Gasteiger partial charge in [0.1, 0.15) is 0 Å². The maximum atomic E-state index is 6.47. The Labute approximate surface area is 118 Å². The second-order valence-electron chi connectivity index (χ2n) is 7.07. The zero-order valence-corrected chi connectivity index (χ0v) is 13.1. The monoisotopic (exact) mass is 260 g/mol. The van der Waals surface area contributed by atoms with Crippen LogP contribution in [0.1, 0.15) is 48.6 Å². The van der Waals surface area contributed by atoms with Gasteiger partial charge >= 0.3 is 0 Å². The van der Waals surface area contributed by atoms with E-state index in [-0.39, 0.29) is 6.04 Å². The van der Waals surface area contributed by atoms with Gasteiger partial charge in [0.2, 0.25) is 0 Å². The van der Waals surface area contributed by atoms with Crippen LogP contribution in [0, 0.1) is 26.2 Å². The zero-order chi connectivity index (χ0) is 14.2. The number of likely N-dealkylation sites (tertiary alicyclic amines) is 1. The summed E-state index contributed by atoms with van der Waals surface area (Å²) >= 11 is 0. The van der Waals surface area contributed by atoms with Crippen LogP contribution in [0.25, 0.3) is 0 Å². The smallest absolute Gasteiger partial charge is 0.0429 e. The molecule has 1 aliphatic rings. The van der Waals surface area contributed by atoms with Gasteiger partial charge in [-0.15, -0.1) is 0 Å². The number of aryl methyl sites for hydroxylation is 3. The summed E-state index contributed by atoms with van der Waals surface area (Å²) in [6.07, 6.45) is 1.28. The molecule has 0 saturated carbocycles. The largest absolute Gasteiger partial charge is 0.323 e. The third-order valence-corrected chi connectivity index (χ3v) is 4.32. The zero-order valence-electron chi connectivity index (χ0n) is 13.1. The van der Waals surface area contributed by atoms with E-state index in [2.05, 4.69) is 51.7 Å². The number of nitrogens with zero attached hydrogens (tertiary/aromatic N) is 1. The molecular weight excluding hydrogens is 232 g/mol. The first kappa shape index (κ1) is 14.5. The van der Waals surface area contributed by atoms with Gasteiger partial charge < -0.3 is 10.6 Å². The summed E-state index contributed by atoms with van der Waals surface area (Å²) in [5, 5.41) is 0. The Morgan fingerprint density at radius 3 is 2.26 bits per heavy atom. The van der Waals surface area contributed by atoms with Crippen LogP contribution < -0.4 is 5.73 Å². The minimum atomic E-state index is 0.134. The molecule has 0 spiro atoms. The van der Waals surface area contributed by atoms with Crippen LogP contribution in [-0.2, 0) is 0 Å². The van der Waals surface area contributed by atoms with E-state index in [1.165, 1.54) is 41.8 Å². The highest BCUT2D eigenvalue weighted by Gasteiger charge is 2.30. The molecule has 2 rings (SSSR count). The van der Waals surface area contributed by atoms with Crippen molar-refractivity contribution in [3.05, 3.63) is 34.4 Å². The summed E-state index contributed by atoms with van der Waals surface area (Å²) in [6, 6.07) is 4.63. The third-order valence-electron chi connectivity index (χ3n) is 4.32. The molecule has 106 valence electrons. The van der Waals surface area contributed by atoms with Gasteiger partial charge in [-0.05, 0) is 55.8 Å². The Bertz CT molecular complexity index is 439. The average Bonchev–Trinajstić information content (AvgIpc) is 2.56. The van der Waals surface area contributed by atoms with E-state index >= 15 is 0 Å².